The fraction of sp³-hybridized carbons (Fsp3) is 0.300. The molecular formula is C10H10N2O. The van der Waals surface area contributed by atoms with Crippen LogP contribution < -0.4 is 10.2 Å². The van der Waals surface area contributed by atoms with E-state index in [2.05, 4.69) is 11.4 Å². The maximum absolute atomic E-state index is 11.5. The molecule has 1 aromatic rings. The third-order valence-electron chi connectivity index (χ3n) is 2.73. The molecule has 1 N–H and O–H groups in total. The predicted molar refractivity (Wildman–Crippen MR) is 50.7 cm³/mol. The van der Waals surface area contributed by atoms with Gasteiger partial charge in [0.2, 0.25) is 5.91 Å². The van der Waals surface area contributed by atoms with Gasteiger partial charge in [-0.3, -0.25) is 9.69 Å². The highest BCUT2D eigenvalue weighted by atomic mass is 16.2. The van der Waals surface area contributed by atoms with E-state index >= 15 is 0 Å². The Kier molecular flexibility index (Phi) is 1.20. The maximum Gasteiger partial charge on any atom is 0.228 e. The number of nitrogens with zero attached hydrogens (tertiary/aromatic N) is 1. The lowest BCUT2D eigenvalue weighted by Crippen LogP contribution is -2.33. The van der Waals surface area contributed by atoms with E-state index in [0.29, 0.717) is 13.1 Å². The van der Waals surface area contributed by atoms with Gasteiger partial charge < -0.3 is 5.32 Å². The highest BCUT2D eigenvalue weighted by molar-refractivity contribution is 6.02. The molecule has 2 heterocycles. The largest absolute Gasteiger partial charge is 0.366 e. The second-order valence-electron chi connectivity index (χ2n) is 3.47. The van der Waals surface area contributed by atoms with Gasteiger partial charge in [0.1, 0.15) is 0 Å². The van der Waals surface area contributed by atoms with Crippen LogP contribution in [0.1, 0.15) is 12.0 Å². The van der Waals surface area contributed by atoms with Crippen LogP contribution in [0.5, 0.6) is 0 Å². The van der Waals surface area contributed by atoms with Crippen LogP contribution in [0.25, 0.3) is 0 Å². The first-order valence-corrected chi connectivity index (χ1v) is 4.52. The van der Waals surface area contributed by atoms with Gasteiger partial charge in [0.15, 0.2) is 0 Å². The smallest absolute Gasteiger partial charge is 0.228 e. The van der Waals surface area contributed by atoms with Gasteiger partial charge in [0, 0.05) is 6.42 Å². The topological polar surface area (TPSA) is 32.3 Å². The lowest BCUT2D eigenvalue weighted by Gasteiger charge is -2.23. The number of nitrogens with one attached hydrogen (secondary N) is 1. The average Bonchev–Trinajstić information content (AvgIpc) is 2.57. The van der Waals surface area contributed by atoms with Crippen LogP contribution >= 0.6 is 0 Å². The minimum atomic E-state index is 0.241. The third kappa shape index (κ3) is 0.813. The average molecular weight is 174 g/mol. The van der Waals surface area contributed by atoms with Crippen molar-refractivity contribution in [3.8, 4) is 0 Å². The highest BCUT2D eigenvalue weighted by Crippen LogP contribution is 2.38. The van der Waals surface area contributed by atoms with Gasteiger partial charge in [-0.05, 0) is 18.1 Å². The van der Waals surface area contributed by atoms with Crippen molar-refractivity contribution < 1.29 is 4.79 Å². The minimum Gasteiger partial charge on any atom is -0.366 e. The zero-order valence-corrected chi connectivity index (χ0v) is 7.21. The molecule has 1 aromatic carbocycles. The Morgan fingerprint density at radius 1 is 1.31 bits per heavy atom. The molecule has 3 rings (SSSR count). The van der Waals surface area contributed by atoms with E-state index < -0.39 is 0 Å². The van der Waals surface area contributed by atoms with Crippen molar-refractivity contribution in [1.29, 1.82) is 0 Å². The number of hydrogen-bond acceptors (Lipinski definition) is 2. The van der Waals surface area contributed by atoms with E-state index in [9.17, 15) is 4.79 Å². The van der Waals surface area contributed by atoms with Crippen molar-refractivity contribution in [3.05, 3.63) is 23.8 Å². The number of para-hydroxylation sites is 1. The number of benzene rings is 1. The first kappa shape index (κ1) is 6.95. The van der Waals surface area contributed by atoms with Crippen LogP contribution in [0, 0.1) is 0 Å². The molecule has 3 heteroatoms. The summed E-state index contributed by atoms with van der Waals surface area (Å²) in [4.78, 5) is 13.3. The Morgan fingerprint density at radius 3 is 3.15 bits per heavy atom. The molecule has 0 radical (unpaired) electrons. The molecule has 0 saturated heterocycles. The van der Waals surface area contributed by atoms with Crippen LogP contribution in [0.2, 0.25) is 0 Å². The van der Waals surface area contributed by atoms with Gasteiger partial charge in [0.05, 0.1) is 18.0 Å². The van der Waals surface area contributed by atoms with Crippen LogP contribution in [0.4, 0.5) is 11.4 Å². The van der Waals surface area contributed by atoms with Crippen molar-refractivity contribution in [3.63, 3.8) is 0 Å². The van der Waals surface area contributed by atoms with E-state index in [-0.39, 0.29) is 5.91 Å². The predicted octanol–water partition coefficient (Wildman–Crippen LogP) is 1.35. The lowest BCUT2D eigenvalue weighted by molar-refractivity contribution is -0.118. The van der Waals surface area contributed by atoms with Gasteiger partial charge in [0.25, 0.3) is 0 Å². The van der Waals surface area contributed by atoms with E-state index in [1.54, 1.807) is 0 Å². The molecule has 1 amide bonds. The van der Waals surface area contributed by atoms with Crippen molar-refractivity contribution >= 4 is 17.3 Å². The lowest BCUT2D eigenvalue weighted by atomic mass is 10.0. The molecule has 0 aromatic heterocycles. The van der Waals surface area contributed by atoms with Gasteiger partial charge in [-0.15, -0.1) is 0 Å². The number of anilines is 2. The molecule has 2 aliphatic heterocycles. The Labute approximate surface area is 76.4 Å². The van der Waals surface area contributed by atoms with Gasteiger partial charge >= 0.3 is 0 Å². The first-order valence-electron chi connectivity index (χ1n) is 4.52. The quantitative estimate of drug-likeness (QED) is 0.644. The summed E-state index contributed by atoms with van der Waals surface area (Å²) in [6, 6.07) is 6.17. The molecule has 2 aliphatic rings. The summed E-state index contributed by atoms with van der Waals surface area (Å²) >= 11 is 0. The Hall–Kier alpha value is -1.51. The Balaban J connectivity index is 2.24. The Morgan fingerprint density at radius 2 is 2.23 bits per heavy atom. The summed E-state index contributed by atoms with van der Waals surface area (Å²) < 4.78 is 0. The molecule has 0 unspecified atom stereocenters. The fourth-order valence-electron chi connectivity index (χ4n) is 2.09. The van der Waals surface area contributed by atoms with Crippen molar-refractivity contribution in [1.82, 2.24) is 0 Å². The van der Waals surface area contributed by atoms with Crippen LogP contribution in [-0.2, 0) is 11.2 Å². The number of rotatable bonds is 0. The zero-order valence-electron chi connectivity index (χ0n) is 7.21. The molecule has 13 heavy (non-hydrogen) atoms. The minimum absolute atomic E-state index is 0.241. The summed E-state index contributed by atoms with van der Waals surface area (Å²) in [7, 11) is 0. The summed E-state index contributed by atoms with van der Waals surface area (Å²) in [6.45, 7) is 0.644. The van der Waals surface area contributed by atoms with Crippen LogP contribution in [-0.4, -0.2) is 12.6 Å². The highest BCUT2D eigenvalue weighted by Gasteiger charge is 2.30. The van der Waals surface area contributed by atoms with E-state index in [1.165, 1.54) is 5.56 Å². The summed E-state index contributed by atoms with van der Waals surface area (Å²) in [5.74, 6) is 0.241. The maximum atomic E-state index is 11.5. The van der Waals surface area contributed by atoms with E-state index in [0.717, 1.165) is 17.8 Å². The summed E-state index contributed by atoms with van der Waals surface area (Å²) in [6.07, 6.45) is 1.54. The number of carbonyl (C=O) groups is 1. The van der Waals surface area contributed by atoms with Crippen LogP contribution in [0.15, 0.2) is 18.2 Å². The number of aryl methyl sites for hydroxylation is 1. The fourth-order valence-corrected chi connectivity index (χ4v) is 2.09. The van der Waals surface area contributed by atoms with Gasteiger partial charge in [-0.1, -0.05) is 12.1 Å². The monoisotopic (exact) mass is 174 g/mol. The number of carbonyl (C=O) groups excluding carboxylic acids is 1. The molecule has 0 atom stereocenters. The standard InChI is InChI=1S/C10H10N2O/c13-9-5-4-7-2-1-3-8-10(7)12(9)6-11-8/h1-3,11H,4-6H2. The van der Waals surface area contributed by atoms with Gasteiger partial charge in [-0.25, -0.2) is 0 Å². The third-order valence-corrected chi connectivity index (χ3v) is 2.73. The van der Waals surface area contributed by atoms with Crippen molar-refractivity contribution in [2.45, 2.75) is 12.8 Å². The second kappa shape index (κ2) is 2.25. The van der Waals surface area contributed by atoms with E-state index in [4.69, 9.17) is 0 Å². The summed E-state index contributed by atoms with van der Waals surface area (Å²) in [5, 5.41) is 3.22. The molecule has 0 fully saturated rings. The molecule has 66 valence electrons. The van der Waals surface area contributed by atoms with Crippen LogP contribution in [0.3, 0.4) is 0 Å². The van der Waals surface area contributed by atoms with Crippen molar-refractivity contribution in [2.24, 2.45) is 0 Å². The molecular weight excluding hydrogens is 164 g/mol. The van der Waals surface area contributed by atoms with E-state index in [1.807, 2.05) is 17.0 Å². The second-order valence-corrected chi connectivity index (χ2v) is 3.47. The first-order chi connectivity index (χ1) is 6.36. The Bertz CT molecular complexity index is 387. The molecule has 0 saturated carbocycles. The SMILES string of the molecule is O=C1CCc2cccc3c2N1CN3. The summed E-state index contributed by atoms with van der Waals surface area (Å²) in [5.41, 5.74) is 3.51. The van der Waals surface area contributed by atoms with Crippen molar-refractivity contribution in [2.75, 3.05) is 16.9 Å². The molecule has 3 nitrogen and oxygen atoms in total. The van der Waals surface area contributed by atoms with Gasteiger partial charge in [-0.2, -0.15) is 0 Å². The number of hydrogen-bond donors (Lipinski definition) is 1. The molecule has 0 spiro atoms. The molecule has 0 bridgehead atoms. The number of amides is 1. The zero-order chi connectivity index (χ0) is 8.84. The normalized spacial score (nSPS) is 18.5. The molecule has 0 aliphatic carbocycles.